The first-order chi connectivity index (χ1) is 11.5. The van der Waals surface area contributed by atoms with Gasteiger partial charge in [-0.25, -0.2) is 0 Å². The number of hydrogen-bond acceptors (Lipinski definition) is 5. The highest BCUT2D eigenvalue weighted by atomic mass is 35.5. The molecule has 2 aromatic rings. The highest BCUT2D eigenvalue weighted by molar-refractivity contribution is 6.30. The van der Waals surface area contributed by atoms with Gasteiger partial charge in [0, 0.05) is 18.8 Å². The Morgan fingerprint density at radius 2 is 2.25 bits per heavy atom. The minimum Gasteiger partial charge on any atom is -0.471 e. The van der Waals surface area contributed by atoms with Crippen molar-refractivity contribution in [3.05, 3.63) is 51.0 Å². The van der Waals surface area contributed by atoms with E-state index in [1.807, 2.05) is 13.0 Å². The van der Waals surface area contributed by atoms with E-state index in [0.29, 0.717) is 24.5 Å². The number of H-pyrrole nitrogens is 1. The molecule has 1 aliphatic rings. The lowest BCUT2D eigenvalue weighted by Gasteiger charge is -2.32. The van der Waals surface area contributed by atoms with Gasteiger partial charge in [0.05, 0.1) is 17.8 Å². The van der Waals surface area contributed by atoms with Crippen LogP contribution in [0.3, 0.4) is 0 Å². The zero-order valence-electron chi connectivity index (χ0n) is 13.2. The normalized spacial score (nSPS) is 17.6. The van der Waals surface area contributed by atoms with Crippen LogP contribution < -0.4 is 10.3 Å². The first-order valence-corrected chi connectivity index (χ1v) is 8.05. The van der Waals surface area contributed by atoms with Crippen LogP contribution in [0.25, 0.3) is 0 Å². The average molecular weight is 349 g/mol. The lowest BCUT2D eigenvalue weighted by atomic mass is 10.1. The van der Waals surface area contributed by atoms with E-state index < -0.39 is 5.56 Å². The van der Waals surface area contributed by atoms with E-state index in [1.165, 1.54) is 12.3 Å². The molecule has 7 nitrogen and oxygen atoms in total. The molecule has 0 saturated carbocycles. The molecule has 0 bridgehead atoms. The number of piperidine rings is 1. The zero-order valence-corrected chi connectivity index (χ0v) is 13.9. The number of halogens is 1. The minimum absolute atomic E-state index is 0.000546. The summed E-state index contributed by atoms with van der Waals surface area (Å²) in [5.41, 5.74) is 0.763. The first kappa shape index (κ1) is 16.4. The van der Waals surface area contributed by atoms with Gasteiger partial charge in [-0.05, 0) is 31.9 Å². The van der Waals surface area contributed by atoms with Crippen molar-refractivity contribution in [3.8, 4) is 5.88 Å². The van der Waals surface area contributed by atoms with Crippen LogP contribution >= 0.6 is 11.6 Å². The quantitative estimate of drug-likeness (QED) is 0.913. The first-order valence-electron chi connectivity index (χ1n) is 7.67. The smallest absolute Gasteiger partial charge is 0.266 e. The Hall–Kier alpha value is -2.41. The standard InChI is InChI=1S/C16H17ClN4O3/c1-10-4-5-14(20-19-10)24-12-3-2-6-21(9-12)16(23)11-7-13(17)15(22)18-8-11/h4-5,7-8,12H,2-3,6,9H2,1H3,(H,18,22). The number of aromatic amines is 1. The van der Waals surface area contributed by atoms with Crippen molar-refractivity contribution >= 4 is 17.5 Å². The number of likely N-dealkylation sites (tertiary alicyclic amines) is 1. The Bertz CT molecular complexity index is 791. The number of aromatic nitrogens is 3. The number of rotatable bonds is 3. The van der Waals surface area contributed by atoms with Gasteiger partial charge in [-0.1, -0.05) is 11.6 Å². The van der Waals surface area contributed by atoms with Crippen molar-refractivity contribution < 1.29 is 9.53 Å². The van der Waals surface area contributed by atoms with Gasteiger partial charge in [0.15, 0.2) is 0 Å². The molecule has 1 N–H and O–H groups in total. The number of carbonyl (C=O) groups excluding carboxylic acids is 1. The third-order valence-corrected chi connectivity index (χ3v) is 4.11. The fourth-order valence-electron chi connectivity index (χ4n) is 2.60. The Morgan fingerprint density at radius 1 is 1.42 bits per heavy atom. The van der Waals surface area contributed by atoms with Crippen molar-refractivity contribution in [2.24, 2.45) is 0 Å². The maximum absolute atomic E-state index is 12.6. The van der Waals surface area contributed by atoms with Crippen LogP contribution in [-0.4, -0.2) is 45.2 Å². The van der Waals surface area contributed by atoms with E-state index in [1.54, 1.807) is 11.0 Å². The molecular weight excluding hydrogens is 332 g/mol. The van der Waals surface area contributed by atoms with Gasteiger partial charge in [-0.15, -0.1) is 5.10 Å². The van der Waals surface area contributed by atoms with Gasteiger partial charge >= 0.3 is 0 Å². The number of nitrogens with one attached hydrogen (secondary N) is 1. The van der Waals surface area contributed by atoms with Gasteiger partial charge in [-0.3, -0.25) is 9.59 Å². The Kier molecular flexibility index (Phi) is 4.80. The summed E-state index contributed by atoms with van der Waals surface area (Å²) in [6.45, 7) is 2.94. The lowest BCUT2D eigenvalue weighted by Crippen LogP contribution is -2.44. The third-order valence-electron chi connectivity index (χ3n) is 3.83. The molecule has 24 heavy (non-hydrogen) atoms. The molecular formula is C16H17ClN4O3. The van der Waals surface area contributed by atoms with Gasteiger partial charge in [0.2, 0.25) is 5.88 Å². The molecule has 0 aromatic carbocycles. The Balaban J connectivity index is 1.68. The fraction of sp³-hybridized carbons (Fsp3) is 0.375. The van der Waals surface area contributed by atoms with Gasteiger partial charge in [0.25, 0.3) is 11.5 Å². The average Bonchev–Trinajstić information content (AvgIpc) is 2.59. The summed E-state index contributed by atoms with van der Waals surface area (Å²) in [6, 6.07) is 4.99. The van der Waals surface area contributed by atoms with Crippen LogP contribution in [0.4, 0.5) is 0 Å². The van der Waals surface area contributed by atoms with Crippen molar-refractivity contribution in [1.29, 1.82) is 0 Å². The summed E-state index contributed by atoms with van der Waals surface area (Å²) in [6.07, 6.45) is 2.91. The second-order valence-corrected chi connectivity index (χ2v) is 6.12. The van der Waals surface area contributed by atoms with Crippen LogP contribution in [0.15, 0.2) is 29.2 Å². The highest BCUT2D eigenvalue weighted by Crippen LogP contribution is 2.18. The maximum atomic E-state index is 12.6. The second-order valence-electron chi connectivity index (χ2n) is 5.71. The summed E-state index contributed by atoms with van der Waals surface area (Å²) < 4.78 is 5.82. The van der Waals surface area contributed by atoms with Crippen molar-refractivity contribution in [3.63, 3.8) is 0 Å². The summed E-state index contributed by atoms with van der Waals surface area (Å²) in [7, 11) is 0. The number of aryl methyl sites for hydroxylation is 1. The number of amides is 1. The molecule has 1 amide bonds. The molecule has 0 spiro atoms. The third kappa shape index (κ3) is 3.73. The molecule has 2 aromatic heterocycles. The molecule has 1 unspecified atom stereocenters. The monoisotopic (exact) mass is 348 g/mol. The number of ether oxygens (including phenoxy) is 1. The Morgan fingerprint density at radius 3 is 2.96 bits per heavy atom. The Labute approximate surface area is 143 Å². The van der Waals surface area contributed by atoms with Gasteiger partial charge in [0.1, 0.15) is 11.1 Å². The predicted octanol–water partition coefficient (Wildman–Crippen LogP) is 1.81. The molecule has 8 heteroatoms. The van der Waals surface area contributed by atoms with Crippen molar-refractivity contribution in [1.82, 2.24) is 20.1 Å². The van der Waals surface area contributed by atoms with Crippen LogP contribution in [0.2, 0.25) is 5.02 Å². The zero-order chi connectivity index (χ0) is 17.1. The van der Waals surface area contributed by atoms with Gasteiger partial charge in [-0.2, -0.15) is 5.10 Å². The van der Waals surface area contributed by atoms with Crippen LogP contribution in [0.5, 0.6) is 5.88 Å². The minimum atomic E-state index is -0.411. The topological polar surface area (TPSA) is 88.2 Å². The summed E-state index contributed by atoms with van der Waals surface area (Å²) in [5, 5.41) is 7.95. The number of carbonyl (C=O) groups is 1. The fourth-order valence-corrected chi connectivity index (χ4v) is 2.77. The molecule has 0 aliphatic carbocycles. The van der Waals surface area contributed by atoms with Gasteiger partial charge < -0.3 is 14.6 Å². The van der Waals surface area contributed by atoms with E-state index >= 15 is 0 Å². The molecule has 1 saturated heterocycles. The van der Waals surface area contributed by atoms with Crippen molar-refractivity contribution in [2.45, 2.75) is 25.9 Å². The van der Waals surface area contributed by atoms with Crippen LogP contribution in [-0.2, 0) is 0 Å². The molecule has 126 valence electrons. The summed E-state index contributed by atoms with van der Waals surface area (Å²) >= 11 is 5.79. The van der Waals surface area contributed by atoms with E-state index in [-0.39, 0.29) is 17.0 Å². The van der Waals surface area contributed by atoms with Crippen molar-refractivity contribution in [2.75, 3.05) is 13.1 Å². The number of hydrogen-bond donors (Lipinski definition) is 1. The lowest BCUT2D eigenvalue weighted by molar-refractivity contribution is 0.0525. The molecule has 3 rings (SSSR count). The second kappa shape index (κ2) is 7.00. The SMILES string of the molecule is Cc1ccc(OC2CCCN(C(=O)c3c[nH]c(=O)c(Cl)c3)C2)nn1. The van der Waals surface area contributed by atoms with E-state index in [2.05, 4.69) is 15.2 Å². The molecule has 1 aliphatic heterocycles. The number of pyridine rings is 1. The molecule has 0 radical (unpaired) electrons. The summed E-state index contributed by atoms with van der Waals surface area (Å²) in [4.78, 5) is 28.0. The van der Waals surface area contributed by atoms with Crippen LogP contribution in [0, 0.1) is 6.92 Å². The largest absolute Gasteiger partial charge is 0.471 e. The highest BCUT2D eigenvalue weighted by Gasteiger charge is 2.26. The number of nitrogens with zero attached hydrogens (tertiary/aromatic N) is 3. The van der Waals surface area contributed by atoms with Crippen LogP contribution in [0.1, 0.15) is 28.9 Å². The molecule has 3 heterocycles. The predicted molar refractivity (Wildman–Crippen MR) is 88.4 cm³/mol. The molecule has 1 atom stereocenters. The maximum Gasteiger partial charge on any atom is 0.266 e. The summed E-state index contributed by atoms with van der Waals surface area (Å²) in [5.74, 6) is 0.267. The van der Waals surface area contributed by atoms with E-state index in [9.17, 15) is 9.59 Å². The molecule has 1 fully saturated rings. The van der Waals surface area contributed by atoms with E-state index in [0.717, 1.165) is 18.5 Å². The van der Waals surface area contributed by atoms with E-state index in [4.69, 9.17) is 16.3 Å².